The second-order valence-electron chi connectivity index (χ2n) is 9.02. The maximum atomic E-state index is 13.0. The minimum Gasteiger partial charge on any atom is -0.444 e. The van der Waals surface area contributed by atoms with Crippen LogP contribution in [0.3, 0.4) is 0 Å². The zero-order chi connectivity index (χ0) is 20.1. The molecule has 5 nitrogen and oxygen atoms in total. The van der Waals surface area contributed by atoms with Gasteiger partial charge in [-0.2, -0.15) is 0 Å². The summed E-state index contributed by atoms with van der Waals surface area (Å²) in [5.74, 6) is 0.213. The minimum absolute atomic E-state index is 0.0795. The summed E-state index contributed by atoms with van der Waals surface area (Å²) in [6.45, 7) is 7.22. The van der Waals surface area contributed by atoms with E-state index in [1.165, 1.54) is 5.56 Å². The first-order chi connectivity index (χ1) is 13.3. The van der Waals surface area contributed by atoms with Crippen molar-refractivity contribution in [1.82, 2.24) is 9.80 Å². The summed E-state index contributed by atoms with van der Waals surface area (Å²) < 4.78 is 5.63. The molecule has 154 valence electrons. The van der Waals surface area contributed by atoms with Crippen LogP contribution in [0, 0.1) is 0 Å². The Balaban J connectivity index is 1.66. The number of hydrogen-bond donors (Lipinski definition) is 0. The topological polar surface area (TPSA) is 49.9 Å². The molecule has 0 bridgehead atoms. The van der Waals surface area contributed by atoms with E-state index in [9.17, 15) is 9.59 Å². The molecular weight excluding hydrogens is 352 g/mol. The summed E-state index contributed by atoms with van der Waals surface area (Å²) in [6.07, 6.45) is 6.12. The van der Waals surface area contributed by atoms with Crippen LogP contribution in [0.2, 0.25) is 0 Å². The fourth-order valence-electron chi connectivity index (χ4n) is 4.45. The molecule has 2 saturated heterocycles. The van der Waals surface area contributed by atoms with Crippen LogP contribution in [0.4, 0.5) is 4.79 Å². The third-order valence-electron chi connectivity index (χ3n) is 5.71. The molecule has 0 spiro atoms. The van der Waals surface area contributed by atoms with Gasteiger partial charge in [-0.15, -0.1) is 0 Å². The lowest BCUT2D eigenvalue weighted by Crippen LogP contribution is -2.55. The summed E-state index contributed by atoms with van der Waals surface area (Å²) >= 11 is 0. The van der Waals surface area contributed by atoms with Crippen LogP contribution in [-0.4, -0.2) is 52.6 Å². The van der Waals surface area contributed by atoms with E-state index in [0.717, 1.165) is 51.6 Å². The lowest BCUT2D eigenvalue weighted by atomic mass is 9.93. The number of likely N-dealkylation sites (tertiary alicyclic amines) is 2. The van der Waals surface area contributed by atoms with E-state index < -0.39 is 5.60 Å². The second kappa shape index (κ2) is 8.97. The van der Waals surface area contributed by atoms with Crippen molar-refractivity contribution < 1.29 is 14.3 Å². The van der Waals surface area contributed by atoms with Gasteiger partial charge in [0.2, 0.25) is 5.91 Å². The molecular formula is C23H34N2O3. The van der Waals surface area contributed by atoms with Gasteiger partial charge in [-0.3, -0.25) is 4.79 Å². The molecule has 2 fully saturated rings. The standard InChI is InChI=1S/C23H34N2O3/c1-23(2,3)28-22(27)25-17-9-13-20(25)19-12-7-8-16-24(19)21(26)15-14-18-10-5-4-6-11-18/h4-6,10-11,19-20H,7-9,12-17H2,1-3H3/t19-,20-/m0/s1. The van der Waals surface area contributed by atoms with Crippen molar-refractivity contribution in [2.45, 2.75) is 83.4 Å². The molecule has 2 amide bonds. The van der Waals surface area contributed by atoms with E-state index in [1.54, 1.807) is 0 Å². The quantitative estimate of drug-likeness (QED) is 0.771. The molecule has 28 heavy (non-hydrogen) atoms. The highest BCUT2D eigenvalue weighted by Gasteiger charge is 2.41. The van der Waals surface area contributed by atoms with E-state index in [2.05, 4.69) is 17.0 Å². The predicted octanol–water partition coefficient (Wildman–Crippen LogP) is 4.40. The van der Waals surface area contributed by atoms with Crippen molar-refractivity contribution in [3.63, 3.8) is 0 Å². The Kier molecular flexibility index (Phi) is 6.63. The van der Waals surface area contributed by atoms with Gasteiger partial charge in [0.1, 0.15) is 5.60 Å². The Morgan fingerprint density at radius 3 is 2.32 bits per heavy atom. The Morgan fingerprint density at radius 1 is 0.964 bits per heavy atom. The van der Waals surface area contributed by atoms with Gasteiger partial charge < -0.3 is 14.5 Å². The molecule has 5 heteroatoms. The van der Waals surface area contributed by atoms with Gasteiger partial charge in [-0.25, -0.2) is 4.79 Å². The van der Waals surface area contributed by atoms with Gasteiger partial charge in [0.05, 0.1) is 12.1 Å². The average molecular weight is 387 g/mol. The van der Waals surface area contributed by atoms with E-state index in [4.69, 9.17) is 4.74 Å². The SMILES string of the molecule is CC(C)(C)OC(=O)N1CCC[C@H]1[C@@H]1CCCCN1C(=O)CCc1ccccc1. The zero-order valence-corrected chi connectivity index (χ0v) is 17.5. The lowest BCUT2D eigenvalue weighted by molar-refractivity contribution is -0.136. The summed E-state index contributed by atoms with van der Waals surface area (Å²) in [4.78, 5) is 29.7. The monoisotopic (exact) mass is 386 g/mol. The normalized spacial score (nSPS) is 23.0. The maximum Gasteiger partial charge on any atom is 0.410 e. The number of ether oxygens (including phenoxy) is 1. The largest absolute Gasteiger partial charge is 0.444 e. The van der Waals surface area contributed by atoms with Crippen LogP contribution in [0.1, 0.15) is 64.9 Å². The molecule has 0 radical (unpaired) electrons. The number of amides is 2. The molecule has 0 aromatic heterocycles. The van der Waals surface area contributed by atoms with Crippen LogP contribution in [0.15, 0.2) is 30.3 Å². The summed E-state index contributed by atoms with van der Waals surface area (Å²) in [6, 6.07) is 10.4. The summed E-state index contributed by atoms with van der Waals surface area (Å²) in [7, 11) is 0. The van der Waals surface area contributed by atoms with Gasteiger partial charge in [-0.1, -0.05) is 30.3 Å². The Morgan fingerprint density at radius 2 is 1.61 bits per heavy atom. The summed E-state index contributed by atoms with van der Waals surface area (Å²) in [5, 5.41) is 0. The molecule has 3 rings (SSSR count). The van der Waals surface area contributed by atoms with Crippen molar-refractivity contribution in [3.05, 3.63) is 35.9 Å². The smallest absolute Gasteiger partial charge is 0.410 e. The molecule has 0 unspecified atom stereocenters. The van der Waals surface area contributed by atoms with E-state index >= 15 is 0 Å². The Hall–Kier alpha value is -2.04. The third-order valence-corrected chi connectivity index (χ3v) is 5.71. The predicted molar refractivity (Wildman–Crippen MR) is 110 cm³/mol. The maximum absolute atomic E-state index is 13.0. The van der Waals surface area contributed by atoms with Crippen molar-refractivity contribution in [1.29, 1.82) is 0 Å². The Bertz CT molecular complexity index is 668. The van der Waals surface area contributed by atoms with Crippen molar-refractivity contribution in [2.24, 2.45) is 0 Å². The first kappa shape index (κ1) is 20.7. The minimum atomic E-state index is -0.498. The number of piperidine rings is 1. The molecule has 1 aromatic rings. The van der Waals surface area contributed by atoms with Gasteiger partial charge in [-0.05, 0) is 64.9 Å². The zero-order valence-electron chi connectivity index (χ0n) is 17.5. The third kappa shape index (κ3) is 5.27. The number of hydrogen-bond acceptors (Lipinski definition) is 3. The Labute approximate surface area is 169 Å². The molecule has 2 aliphatic heterocycles. The number of aryl methyl sites for hydroxylation is 1. The molecule has 1 aromatic carbocycles. The van der Waals surface area contributed by atoms with Gasteiger partial charge >= 0.3 is 6.09 Å². The number of rotatable bonds is 4. The van der Waals surface area contributed by atoms with Crippen LogP contribution < -0.4 is 0 Å². The molecule has 2 atom stereocenters. The summed E-state index contributed by atoms with van der Waals surface area (Å²) in [5.41, 5.74) is 0.697. The number of carbonyl (C=O) groups excluding carboxylic acids is 2. The van der Waals surface area contributed by atoms with E-state index in [1.807, 2.05) is 43.9 Å². The van der Waals surface area contributed by atoms with Crippen LogP contribution in [-0.2, 0) is 16.0 Å². The van der Waals surface area contributed by atoms with Crippen molar-refractivity contribution in [2.75, 3.05) is 13.1 Å². The highest BCUT2D eigenvalue weighted by Crippen LogP contribution is 2.31. The highest BCUT2D eigenvalue weighted by atomic mass is 16.6. The van der Waals surface area contributed by atoms with E-state index in [0.29, 0.717) is 6.42 Å². The number of benzene rings is 1. The van der Waals surface area contributed by atoms with Gasteiger partial charge in [0.15, 0.2) is 0 Å². The molecule has 2 aliphatic rings. The number of carbonyl (C=O) groups is 2. The lowest BCUT2D eigenvalue weighted by Gasteiger charge is -2.42. The van der Waals surface area contributed by atoms with Crippen molar-refractivity contribution >= 4 is 12.0 Å². The van der Waals surface area contributed by atoms with Gasteiger partial charge in [0, 0.05) is 19.5 Å². The van der Waals surface area contributed by atoms with Crippen LogP contribution >= 0.6 is 0 Å². The first-order valence-corrected chi connectivity index (χ1v) is 10.7. The highest BCUT2D eigenvalue weighted by molar-refractivity contribution is 5.77. The number of nitrogens with zero attached hydrogens (tertiary/aromatic N) is 2. The van der Waals surface area contributed by atoms with E-state index in [-0.39, 0.29) is 24.1 Å². The van der Waals surface area contributed by atoms with Gasteiger partial charge in [0.25, 0.3) is 0 Å². The second-order valence-corrected chi connectivity index (χ2v) is 9.02. The first-order valence-electron chi connectivity index (χ1n) is 10.7. The molecule has 0 aliphatic carbocycles. The average Bonchev–Trinajstić information content (AvgIpc) is 3.15. The fraction of sp³-hybridized carbons (Fsp3) is 0.652. The molecule has 0 saturated carbocycles. The van der Waals surface area contributed by atoms with Crippen LogP contribution in [0.5, 0.6) is 0 Å². The van der Waals surface area contributed by atoms with Crippen molar-refractivity contribution in [3.8, 4) is 0 Å². The van der Waals surface area contributed by atoms with Crippen LogP contribution in [0.25, 0.3) is 0 Å². The molecule has 2 heterocycles. The fourth-order valence-corrected chi connectivity index (χ4v) is 4.45. The molecule has 0 N–H and O–H groups in total.